The largest absolute Gasteiger partial charge is 0.314 e. The van der Waals surface area contributed by atoms with E-state index in [0.29, 0.717) is 17.6 Å². The van der Waals surface area contributed by atoms with Gasteiger partial charge in [0.25, 0.3) is 0 Å². The Balaban J connectivity index is 1.58. The molecular formula is C14H24N2O. The van der Waals surface area contributed by atoms with Gasteiger partial charge in [-0.25, -0.2) is 0 Å². The molecular weight excluding hydrogens is 212 g/mol. The van der Waals surface area contributed by atoms with E-state index in [1.54, 1.807) is 0 Å². The van der Waals surface area contributed by atoms with E-state index in [1.807, 2.05) is 0 Å². The van der Waals surface area contributed by atoms with Crippen LogP contribution >= 0.6 is 0 Å². The zero-order valence-corrected chi connectivity index (χ0v) is 10.7. The van der Waals surface area contributed by atoms with E-state index in [1.165, 1.54) is 32.1 Å². The summed E-state index contributed by atoms with van der Waals surface area (Å²) >= 11 is 0. The number of hydrogen-bond acceptors (Lipinski definition) is 3. The highest BCUT2D eigenvalue weighted by Crippen LogP contribution is 2.42. The average molecular weight is 236 g/mol. The molecule has 1 N–H and O–H groups in total. The number of carbonyl (C=O) groups excluding carboxylic acids is 1. The molecule has 3 fully saturated rings. The van der Waals surface area contributed by atoms with Crippen molar-refractivity contribution in [1.29, 1.82) is 0 Å². The van der Waals surface area contributed by atoms with Crippen LogP contribution in [0.2, 0.25) is 0 Å². The summed E-state index contributed by atoms with van der Waals surface area (Å²) in [7, 11) is 0. The van der Waals surface area contributed by atoms with Crippen LogP contribution < -0.4 is 5.32 Å². The molecule has 2 saturated carbocycles. The molecule has 0 aromatic heterocycles. The smallest absolute Gasteiger partial charge is 0.140 e. The highest BCUT2D eigenvalue weighted by atomic mass is 16.1. The van der Waals surface area contributed by atoms with Crippen LogP contribution in [0.25, 0.3) is 0 Å². The molecule has 96 valence electrons. The van der Waals surface area contributed by atoms with Crippen LogP contribution in [0.3, 0.4) is 0 Å². The third kappa shape index (κ3) is 2.41. The fourth-order valence-corrected chi connectivity index (χ4v) is 4.02. The van der Waals surface area contributed by atoms with Crippen molar-refractivity contribution in [3.8, 4) is 0 Å². The summed E-state index contributed by atoms with van der Waals surface area (Å²) < 4.78 is 0. The second-order valence-electron chi connectivity index (χ2n) is 6.04. The van der Waals surface area contributed by atoms with E-state index >= 15 is 0 Å². The topological polar surface area (TPSA) is 32.3 Å². The minimum atomic E-state index is 0.362. The van der Waals surface area contributed by atoms with Gasteiger partial charge in [0.15, 0.2) is 0 Å². The Hall–Kier alpha value is -0.410. The lowest BCUT2D eigenvalue weighted by Gasteiger charge is -2.29. The number of ketones is 1. The number of nitrogens with one attached hydrogen (secondary N) is 1. The highest BCUT2D eigenvalue weighted by Gasteiger charge is 2.43. The van der Waals surface area contributed by atoms with Crippen molar-refractivity contribution in [3.05, 3.63) is 0 Å². The molecule has 0 bridgehead atoms. The summed E-state index contributed by atoms with van der Waals surface area (Å²) in [6.45, 7) is 5.47. The van der Waals surface area contributed by atoms with Crippen molar-refractivity contribution in [3.63, 3.8) is 0 Å². The second-order valence-corrected chi connectivity index (χ2v) is 6.04. The summed E-state index contributed by atoms with van der Waals surface area (Å²) in [6, 6.07) is 0. The van der Waals surface area contributed by atoms with Crippen molar-refractivity contribution in [2.24, 2.45) is 17.8 Å². The number of Topliss-reactive ketones (excluding diaryl/α,β-unsaturated/α-hetero) is 1. The first-order chi connectivity index (χ1) is 8.34. The SMILES string of the molecule is O=C1C(CN2CCNCC2)CC2CCCCC12. The maximum absolute atomic E-state index is 12.4. The normalized spacial score (nSPS) is 39.3. The Bertz CT molecular complexity index is 286. The maximum atomic E-state index is 12.4. The van der Waals surface area contributed by atoms with Gasteiger partial charge in [-0.05, 0) is 25.2 Å². The first kappa shape index (κ1) is 11.7. The van der Waals surface area contributed by atoms with Gasteiger partial charge in [0, 0.05) is 44.6 Å². The van der Waals surface area contributed by atoms with Crippen LogP contribution in [-0.4, -0.2) is 43.4 Å². The summed E-state index contributed by atoms with van der Waals surface area (Å²) in [5.74, 6) is 2.15. The lowest BCUT2D eigenvalue weighted by atomic mass is 9.81. The number of fused-ring (bicyclic) bond motifs is 1. The van der Waals surface area contributed by atoms with Crippen molar-refractivity contribution in [2.75, 3.05) is 32.7 Å². The van der Waals surface area contributed by atoms with Crippen LogP contribution in [0.15, 0.2) is 0 Å². The summed E-state index contributed by atoms with van der Waals surface area (Å²) in [5, 5.41) is 3.37. The molecule has 3 rings (SSSR count). The molecule has 17 heavy (non-hydrogen) atoms. The number of piperazine rings is 1. The fraction of sp³-hybridized carbons (Fsp3) is 0.929. The Kier molecular flexibility index (Phi) is 3.48. The molecule has 0 spiro atoms. The van der Waals surface area contributed by atoms with Crippen LogP contribution in [-0.2, 0) is 4.79 Å². The van der Waals surface area contributed by atoms with Crippen LogP contribution in [0.1, 0.15) is 32.1 Å². The third-order valence-electron chi connectivity index (χ3n) is 4.95. The van der Waals surface area contributed by atoms with E-state index in [4.69, 9.17) is 0 Å². The minimum Gasteiger partial charge on any atom is -0.314 e. The zero-order valence-electron chi connectivity index (χ0n) is 10.7. The Morgan fingerprint density at radius 1 is 1.18 bits per heavy atom. The predicted octanol–water partition coefficient (Wildman–Crippen LogP) is 1.29. The number of rotatable bonds is 2. The molecule has 1 aliphatic heterocycles. The van der Waals surface area contributed by atoms with Gasteiger partial charge in [0.1, 0.15) is 5.78 Å². The Labute approximate surface area is 104 Å². The van der Waals surface area contributed by atoms with Gasteiger partial charge in [-0.3, -0.25) is 4.79 Å². The predicted molar refractivity (Wildman–Crippen MR) is 67.9 cm³/mol. The average Bonchev–Trinajstić information content (AvgIpc) is 2.68. The van der Waals surface area contributed by atoms with Crippen molar-refractivity contribution in [1.82, 2.24) is 10.2 Å². The van der Waals surface area contributed by atoms with Crippen LogP contribution in [0.4, 0.5) is 0 Å². The van der Waals surface area contributed by atoms with E-state index in [9.17, 15) is 4.79 Å². The quantitative estimate of drug-likeness (QED) is 0.784. The number of carbonyl (C=O) groups is 1. The lowest BCUT2D eigenvalue weighted by molar-refractivity contribution is -0.125. The highest BCUT2D eigenvalue weighted by molar-refractivity contribution is 5.86. The molecule has 1 heterocycles. The van der Waals surface area contributed by atoms with E-state index in [0.717, 1.165) is 38.6 Å². The van der Waals surface area contributed by atoms with Crippen molar-refractivity contribution in [2.45, 2.75) is 32.1 Å². The summed E-state index contributed by atoms with van der Waals surface area (Å²) in [6.07, 6.45) is 6.32. The fourth-order valence-electron chi connectivity index (χ4n) is 4.02. The van der Waals surface area contributed by atoms with Gasteiger partial charge in [-0.15, -0.1) is 0 Å². The maximum Gasteiger partial charge on any atom is 0.140 e. The Morgan fingerprint density at radius 3 is 2.71 bits per heavy atom. The molecule has 0 radical (unpaired) electrons. The first-order valence-electron chi connectivity index (χ1n) is 7.31. The summed E-state index contributed by atoms with van der Waals surface area (Å²) in [4.78, 5) is 14.9. The van der Waals surface area contributed by atoms with Gasteiger partial charge >= 0.3 is 0 Å². The van der Waals surface area contributed by atoms with Crippen LogP contribution in [0, 0.1) is 17.8 Å². The molecule has 3 nitrogen and oxygen atoms in total. The Morgan fingerprint density at radius 2 is 1.94 bits per heavy atom. The number of hydrogen-bond donors (Lipinski definition) is 1. The molecule has 0 aromatic carbocycles. The minimum absolute atomic E-state index is 0.362. The molecule has 0 amide bonds. The monoisotopic (exact) mass is 236 g/mol. The van der Waals surface area contributed by atoms with Crippen LogP contribution in [0.5, 0.6) is 0 Å². The van der Waals surface area contributed by atoms with Gasteiger partial charge in [0.2, 0.25) is 0 Å². The molecule has 3 unspecified atom stereocenters. The van der Waals surface area contributed by atoms with E-state index in [-0.39, 0.29) is 0 Å². The van der Waals surface area contributed by atoms with E-state index < -0.39 is 0 Å². The molecule has 3 heteroatoms. The van der Waals surface area contributed by atoms with Gasteiger partial charge in [-0.1, -0.05) is 12.8 Å². The third-order valence-corrected chi connectivity index (χ3v) is 4.95. The first-order valence-corrected chi connectivity index (χ1v) is 7.31. The van der Waals surface area contributed by atoms with Gasteiger partial charge in [0.05, 0.1) is 0 Å². The van der Waals surface area contributed by atoms with Gasteiger partial charge < -0.3 is 10.2 Å². The standard InChI is InChI=1S/C14H24N2O/c17-14-12(10-16-7-5-15-6-8-16)9-11-3-1-2-4-13(11)14/h11-13,15H,1-10H2. The second kappa shape index (κ2) is 5.07. The number of nitrogens with zero attached hydrogens (tertiary/aromatic N) is 1. The van der Waals surface area contributed by atoms with Crippen molar-refractivity contribution < 1.29 is 4.79 Å². The molecule has 1 saturated heterocycles. The lowest BCUT2D eigenvalue weighted by Crippen LogP contribution is -2.45. The van der Waals surface area contributed by atoms with Crippen molar-refractivity contribution >= 4 is 5.78 Å². The molecule has 2 aliphatic carbocycles. The molecule has 3 atom stereocenters. The molecule has 3 aliphatic rings. The molecule has 0 aromatic rings. The summed E-state index contributed by atoms with van der Waals surface area (Å²) in [5.41, 5.74) is 0. The van der Waals surface area contributed by atoms with E-state index in [2.05, 4.69) is 10.2 Å². The van der Waals surface area contributed by atoms with Gasteiger partial charge in [-0.2, -0.15) is 0 Å². The zero-order chi connectivity index (χ0) is 11.7.